The normalized spacial score (nSPS) is 10.3. The van der Waals surface area contributed by atoms with Crippen molar-refractivity contribution in [3.63, 3.8) is 0 Å². The van der Waals surface area contributed by atoms with Crippen LogP contribution in [0.5, 0.6) is 5.75 Å². The highest BCUT2D eigenvalue weighted by Gasteiger charge is 2.09. The second-order valence-corrected chi connectivity index (χ2v) is 4.11. The maximum Gasteiger partial charge on any atom is 0.167 e. The third-order valence-corrected chi connectivity index (χ3v) is 2.70. The Bertz CT molecular complexity index is 571. The van der Waals surface area contributed by atoms with Crippen LogP contribution >= 0.6 is 0 Å². The minimum absolute atomic E-state index is 0.0407. The molecule has 0 heterocycles. The number of hydrogen-bond acceptors (Lipinski definition) is 2. The summed E-state index contributed by atoms with van der Waals surface area (Å²) in [7, 11) is 1.53. The number of ketones is 1. The van der Waals surface area contributed by atoms with Gasteiger partial charge in [-0.25, -0.2) is 8.78 Å². The SMILES string of the molecule is COc1ccc(C(=O)Cc2cc(F)cc(F)c2)cc1. The first-order valence-electron chi connectivity index (χ1n) is 5.70. The molecule has 19 heavy (non-hydrogen) atoms. The van der Waals surface area contributed by atoms with Crippen LogP contribution < -0.4 is 4.74 Å². The third-order valence-electron chi connectivity index (χ3n) is 2.70. The van der Waals surface area contributed by atoms with Crippen molar-refractivity contribution in [3.05, 3.63) is 65.2 Å². The molecule has 2 nitrogen and oxygen atoms in total. The highest BCUT2D eigenvalue weighted by molar-refractivity contribution is 5.97. The van der Waals surface area contributed by atoms with E-state index >= 15 is 0 Å². The number of carbonyl (C=O) groups is 1. The zero-order valence-electron chi connectivity index (χ0n) is 10.3. The minimum Gasteiger partial charge on any atom is -0.497 e. The van der Waals surface area contributed by atoms with Gasteiger partial charge in [0, 0.05) is 18.1 Å². The van der Waals surface area contributed by atoms with E-state index in [1.807, 2.05) is 0 Å². The van der Waals surface area contributed by atoms with E-state index in [2.05, 4.69) is 0 Å². The van der Waals surface area contributed by atoms with Gasteiger partial charge in [0.05, 0.1) is 7.11 Å². The molecule has 0 amide bonds. The second kappa shape index (κ2) is 5.61. The lowest BCUT2D eigenvalue weighted by atomic mass is 10.0. The summed E-state index contributed by atoms with van der Waals surface area (Å²) in [5, 5.41) is 0. The maximum absolute atomic E-state index is 13.0. The largest absolute Gasteiger partial charge is 0.497 e. The van der Waals surface area contributed by atoms with Crippen LogP contribution in [0.2, 0.25) is 0 Å². The summed E-state index contributed by atoms with van der Waals surface area (Å²) < 4.78 is 31.0. The topological polar surface area (TPSA) is 26.3 Å². The molecule has 0 aliphatic rings. The predicted molar refractivity (Wildman–Crippen MR) is 67.4 cm³/mol. The molecular weight excluding hydrogens is 250 g/mol. The van der Waals surface area contributed by atoms with E-state index in [9.17, 15) is 13.6 Å². The van der Waals surface area contributed by atoms with Crippen LogP contribution in [0.3, 0.4) is 0 Å². The van der Waals surface area contributed by atoms with Crippen LogP contribution in [0.1, 0.15) is 15.9 Å². The number of ether oxygens (including phenoxy) is 1. The molecule has 4 heteroatoms. The van der Waals surface area contributed by atoms with Gasteiger partial charge in [0.15, 0.2) is 5.78 Å². The number of Topliss-reactive ketones (excluding diaryl/α,β-unsaturated/α-hetero) is 1. The van der Waals surface area contributed by atoms with Gasteiger partial charge in [-0.3, -0.25) is 4.79 Å². The molecule has 0 aliphatic carbocycles. The summed E-state index contributed by atoms with van der Waals surface area (Å²) in [5.41, 5.74) is 0.795. The second-order valence-electron chi connectivity index (χ2n) is 4.11. The van der Waals surface area contributed by atoms with Crippen molar-refractivity contribution in [2.75, 3.05) is 7.11 Å². The van der Waals surface area contributed by atoms with Crippen molar-refractivity contribution in [2.24, 2.45) is 0 Å². The number of halogens is 2. The van der Waals surface area contributed by atoms with Gasteiger partial charge in [-0.2, -0.15) is 0 Å². The van der Waals surface area contributed by atoms with Crippen molar-refractivity contribution in [1.82, 2.24) is 0 Å². The predicted octanol–water partition coefficient (Wildman–Crippen LogP) is 3.40. The van der Waals surface area contributed by atoms with Gasteiger partial charge in [0.1, 0.15) is 17.4 Å². The number of rotatable bonds is 4. The van der Waals surface area contributed by atoms with Gasteiger partial charge in [-0.05, 0) is 42.0 Å². The zero-order chi connectivity index (χ0) is 13.8. The number of hydrogen-bond donors (Lipinski definition) is 0. The van der Waals surface area contributed by atoms with Crippen LogP contribution in [-0.2, 0) is 6.42 Å². The van der Waals surface area contributed by atoms with Crippen molar-refractivity contribution in [3.8, 4) is 5.75 Å². The lowest BCUT2D eigenvalue weighted by Crippen LogP contribution is -2.04. The Morgan fingerprint density at radius 1 is 1.05 bits per heavy atom. The van der Waals surface area contributed by atoms with E-state index in [0.29, 0.717) is 16.9 Å². The Balaban J connectivity index is 2.15. The number of benzene rings is 2. The van der Waals surface area contributed by atoms with E-state index in [1.54, 1.807) is 24.3 Å². The fraction of sp³-hybridized carbons (Fsp3) is 0.133. The molecule has 0 unspecified atom stereocenters. The Labute approximate surface area is 109 Å². The van der Waals surface area contributed by atoms with E-state index in [4.69, 9.17) is 4.74 Å². The molecule has 0 spiro atoms. The Morgan fingerprint density at radius 3 is 2.16 bits per heavy atom. The van der Waals surface area contributed by atoms with Crippen molar-refractivity contribution >= 4 is 5.78 Å². The van der Waals surface area contributed by atoms with E-state index in [0.717, 1.165) is 18.2 Å². The van der Waals surface area contributed by atoms with Gasteiger partial charge in [-0.15, -0.1) is 0 Å². The molecule has 0 aliphatic heterocycles. The van der Waals surface area contributed by atoms with Crippen LogP contribution in [-0.4, -0.2) is 12.9 Å². The molecule has 0 saturated carbocycles. The number of carbonyl (C=O) groups excluding carboxylic acids is 1. The molecule has 0 saturated heterocycles. The molecular formula is C15H12F2O2. The van der Waals surface area contributed by atoms with Crippen molar-refractivity contribution in [1.29, 1.82) is 0 Å². The van der Waals surface area contributed by atoms with E-state index < -0.39 is 11.6 Å². The highest BCUT2D eigenvalue weighted by atomic mass is 19.1. The van der Waals surface area contributed by atoms with Gasteiger partial charge < -0.3 is 4.74 Å². The summed E-state index contributed by atoms with van der Waals surface area (Å²) in [6.45, 7) is 0. The first-order valence-corrected chi connectivity index (χ1v) is 5.70. The molecule has 98 valence electrons. The smallest absolute Gasteiger partial charge is 0.167 e. The first-order chi connectivity index (χ1) is 9.08. The number of methoxy groups -OCH3 is 1. The summed E-state index contributed by atoms with van der Waals surface area (Å²) in [6, 6.07) is 9.67. The molecule has 0 N–H and O–H groups in total. The zero-order valence-corrected chi connectivity index (χ0v) is 10.3. The van der Waals surface area contributed by atoms with Crippen molar-refractivity contribution in [2.45, 2.75) is 6.42 Å². The Hall–Kier alpha value is -2.23. The summed E-state index contributed by atoms with van der Waals surface area (Å²) in [6.07, 6.45) is -0.0407. The Morgan fingerprint density at radius 2 is 1.63 bits per heavy atom. The van der Waals surface area contributed by atoms with E-state index in [-0.39, 0.29) is 12.2 Å². The Kier molecular flexibility index (Phi) is 3.90. The van der Waals surface area contributed by atoms with Crippen LogP contribution in [0.15, 0.2) is 42.5 Å². The third kappa shape index (κ3) is 3.37. The average Bonchev–Trinajstić information content (AvgIpc) is 2.37. The highest BCUT2D eigenvalue weighted by Crippen LogP contribution is 2.15. The fourth-order valence-electron chi connectivity index (χ4n) is 1.78. The van der Waals surface area contributed by atoms with Gasteiger partial charge in [0.25, 0.3) is 0 Å². The van der Waals surface area contributed by atoms with Crippen LogP contribution in [0.25, 0.3) is 0 Å². The molecule has 0 radical (unpaired) electrons. The maximum atomic E-state index is 13.0. The molecule has 2 aromatic carbocycles. The summed E-state index contributed by atoms with van der Waals surface area (Å²) in [4.78, 5) is 12.0. The standard InChI is InChI=1S/C15H12F2O2/c1-19-14-4-2-11(3-5-14)15(18)8-10-6-12(16)9-13(17)7-10/h2-7,9H,8H2,1H3. The fourth-order valence-corrected chi connectivity index (χ4v) is 1.78. The first kappa shape index (κ1) is 13.2. The lowest BCUT2D eigenvalue weighted by Gasteiger charge is -2.04. The minimum atomic E-state index is -0.683. The molecule has 2 aromatic rings. The summed E-state index contributed by atoms with van der Waals surface area (Å²) in [5.74, 6) is -0.920. The van der Waals surface area contributed by atoms with Crippen LogP contribution in [0.4, 0.5) is 8.78 Å². The molecule has 0 aromatic heterocycles. The summed E-state index contributed by atoms with van der Waals surface area (Å²) >= 11 is 0. The van der Waals surface area contributed by atoms with Gasteiger partial charge >= 0.3 is 0 Å². The average molecular weight is 262 g/mol. The molecule has 2 rings (SSSR count). The molecule has 0 bridgehead atoms. The van der Waals surface area contributed by atoms with Gasteiger partial charge in [0.2, 0.25) is 0 Å². The van der Waals surface area contributed by atoms with Crippen molar-refractivity contribution < 1.29 is 18.3 Å². The van der Waals surface area contributed by atoms with E-state index in [1.165, 1.54) is 7.11 Å². The monoisotopic (exact) mass is 262 g/mol. The molecule has 0 fully saturated rings. The van der Waals surface area contributed by atoms with Gasteiger partial charge in [-0.1, -0.05) is 0 Å². The van der Waals surface area contributed by atoms with Crippen LogP contribution in [0, 0.1) is 11.6 Å². The molecule has 0 atom stereocenters. The lowest BCUT2D eigenvalue weighted by molar-refractivity contribution is 0.0993. The quantitative estimate of drug-likeness (QED) is 0.789.